The van der Waals surface area contributed by atoms with E-state index in [0.717, 1.165) is 6.54 Å². The van der Waals surface area contributed by atoms with Gasteiger partial charge in [0.25, 0.3) is 0 Å². The van der Waals surface area contributed by atoms with Crippen molar-refractivity contribution in [2.45, 2.75) is 27.2 Å². The van der Waals surface area contributed by atoms with Crippen molar-refractivity contribution in [1.82, 2.24) is 10.4 Å². The zero-order valence-corrected chi connectivity index (χ0v) is 8.65. The lowest BCUT2D eigenvalue weighted by Gasteiger charge is -2.22. The van der Waals surface area contributed by atoms with Gasteiger partial charge in [0.05, 0.1) is 0 Å². The molecule has 0 bridgehead atoms. The zero-order chi connectivity index (χ0) is 9.35. The third-order valence-electron chi connectivity index (χ3n) is 2.18. The van der Waals surface area contributed by atoms with Gasteiger partial charge >= 0.3 is 0 Å². The fraction of sp³-hybridized carbons (Fsp3) is 0.800. The summed E-state index contributed by atoms with van der Waals surface area (Å²) in [6.45, 7) is 11.9. The quantitative estimate of drug-likeness (QED) is 0.644. The Morgan fingerprint density at radius 3 is 2.50 bits per heavy atom. The molecular formula is C10H20N2. The first-order valence-electron chi connectivity index (χ1n) is 4.55. The van der Waals surface area contributed by atoms with Gasteiger partial charge in [0.1, 0.15) is 0 Å². The number of hydrogen-bond acceptors (Lipinski definition) is 2. The fourth-order valence-electron chi connectivity index (χ4n) is 1.75. The average Bonchev–Trinajstić information content (AvgIpc) is 2.06. The van der Waals surface area contributed by atoms with Gasteiger partial charge in [0, 0.05) is 25.2 Å². The van der Waals surface area contributed by atoms with Gasteiger partial charge in [-0.1, -0.05) is 27.4 Å². The van der Waals surface area contributed by atoms with Crippen LogP contribution in [0, 0.1) is 11.3 Å². The van der Waals surface area contributed by atoms with Crippen molar-refractivity contribution in [2.75, 3.05) is 13.6 Å². The van der Waals surface area contributed by atoms with Crippen molar-refractivity contribution in [3.8, 4) is 0 Å². The van der Waals surface area contributed by atoms with Crippen LogP contribution in [0.25, 0.3) is 0 Å². The van der Waals surface area contributed by atoms with Crippen LogP contribution in [0.1, 0.15) is 27.2 Å². The van der Waals surface area contributed by atoms with E-state index in [1.165, 1.54) is 12.1 Å². The van der Waals surface area contributed by atoms with Gasteiger partial charge in [0.2, 0.25) is 0 Å². The van der Waals surface area contributed by atoms with Crippen LogP contribution in [0.2, 0.25) is 0 Å². The van der Waals surface area contributed by atoms with E-state index in [-0.39, 0.29) is 0 Å². The molecule has 0 saturated carbocycles. The van der Waals surface area contributed by atoms with Gasteiger partial charge in [-0.3, -0.25) is 0 Å². The first-order chi connectivity index (χ1) is 5.38. The van der Waals surface area contributed by atoms with Crippen LogP contribution in [-0.2, 0) is 0 Å². The van der Waals surface area contributed by atoms with Gasteiger partial charge in [0.15, 0.2) is 0 Å². The molecule has 0 aromatic rings. The Labute approximate surface area is 75.6 Å². The summed E-state index contributed by atoms with van der Waals surface area (Å²) >= 11 is 0. The topological polar surface area (TPSA) is 15.3 Å². The summed E-state index contributed by atoms with van der Waals surface area (Å²) in [4.78, 5) is 0. The monoisotopic (exact) mass is 168 g/mol. The van der Waals surface area contributed by atoms with Gasteiger partial charge in [-0.15, -0.1) is 0 Å². The summed E-state index contributed by atoms with van der Waals surface area (Å²) in [6, 6.07) is 0. The molecule has 0 amide bonds. The highest BCUT2D eigenvalue weighted by Gasteiger charge is 2.27. The molecular weight excluding hydrogens is 148 g/mol. The van der Waals surface area contributed by atoms with Gasteiger partial charge in [-0.05, 0) is 11.8 Å². The van der Waals surface area contributed by atoms with Gasteiger partial charge in [-0.25, -0.2) is 5.01 Å². The molecule has 0 aromatic heterocycles. The first kappa shape index (κ1) is 9.59. The summed E-state index contributed by atoms with van der Waals surface area (Å²) in [5.41, 5.74) is 4.81. The van der Waals surface area contributed by atoms with Crippen molar-refractivity contribution < 1.29 is 0 Å². The van der Waals surface area contributed by atoms with Crippen LogP contribution in [0.5, 0.6) is 0 Å². The Bertz CT molecular complexity index is 179. The van der Waals surface area contributed by atoms with E-state index in [4.69, 9.17) is 0 Å². The van der Waals surface area contributed by atoms with E-state index < -0.39 is 0 Å². The number of hydrazine groups is 1. The molecule has 1 heterocycles. The second-order valence-corrected chi connectivity index (χ2v) is 4.98. The molecule has 2 nitrogen and oxygen atoms in total. The highest BCUT2D eigenvalue weighted by Crippen LogP contribution is 2.30. The molecule has 0 aromatic carbocycles. The molecule has 12 heavy (non-hydrogen) atoms. The van der Waals surface area contributed by atoms with Gasteiger partial charge in [-0.2, -0.15) is 0 Å². The average molecular weight is 168 g/mol. The first-order valence-corrected chi connectivity index (χ1v) is 4.55. The van der Waals surface area contributed by atoms with Crippen LogP contribution in [0.15, 0.2) is 12.3 Å². The Morgan fingerprint density at radius 1 is 1.58 bits per heavy atom. The predicted molar refractivity (Wildman–Crippen MR) is 52.5 cm³/mol. The Hall–Kier alpha value is -0.500. The molecule has 70 valence electrons. The molecule has 1 aliphatic rings. The molecule has 1 saturated heterocycles. The Kier molecular flexibility index (Phi) is 2.47. The fourth-order valence-corrected chi connectivity index (χ4v) is 1.75. The molecule has 1 aliphatic heterocycles. The summed E-state index contributed by atoms with van der Waals surface area (Å²) in [6.07, 6.45) is 1.21. The molecule has 1 unspecified atom stereocenters. The summed E-state index contributed by atoms with van der Waals surface area (Å²) in [5, 5.41) is 2.11. The van der Waals surface area contributed by atoms with Crippen molar-refractivity contribution in [3.05, 3.63) is 12.3 Å². The number of nitrogens with zero attached hydrogens (tertiary/aromatic N) is 1. The van der Waals surface area contributed by atoms with Crippen molar-refractivity contribution in [2.24, 2.45) is 11.3 Å². The van der Waals surface area contributed by atoms with Crippen LogP contribution < -0.4 is 5.43 Å². The molecule has 0 aliphatic carbocycles. The zero-order valence-electron chi connectivity index (χ0n) is 8.65. The minimum atomic E-state index is 0.403. The van der Waals surface area contributed by atoms with E-state index in [2.05, 4.69) is 44.8 Å². The highest BCUT2D eigenvalue weighted by molar-refractivity contribution is 5.03. The lowest BCUT2D eigenvalue weighted by molar-refractivity contribution is 0.280. The van der Waals surface area contributed by atoms with Crippen molar-refractivity contribution in [3.63, 3.8) is 0 Å². The SMILES string of the molecule is C=C1NN(C)CC1CC(C)(C)C. The molecule has 1 fully saturated rings. The molecule has 1 N–H and O–H groups in total. The van der Waals surface area contributed by atoms with E-state index in [1.54, 1.807) is 0 Å². The minimum absolute atomic E-state index is 0.403. The highest BCUT2D eigenvalue weighted by atomic mass is 15.5. The molecule has 2 heteroatoms. The molecule has 0 spiro atoms. The lowest BCUT2D eigenvalue weighted by atomic mass is 9.84. The molecule has 1 rings (SSSR count). The second kappa shape index (κ2) is 3.09. The second-order valence-electron chi connectivity index (χ2n) is 4.98. The normalized spacial score (nSPS) is 26.0. The summed E-state index contributed by atoms with van der Waals surface area (Å²) in [7, 11) is 2.06. The molecule has 1 atom stereocenters. The van der Waals surface area contributed by atoms with E-state index >= 15 is 0 Å². The Morgan fingerprint density at radius 2 is 2.17 bits per heavy atom. The predicted octanol–water partition coefficient (Wildman–Crippen LogP) is 2.00. The molecule has 0 radical (unpaired) electrons. The number of rotatable bonds is 1. The van der Waals surface area contributed by atoms with Crippen LogP contribution in [0.4, 0.5) is 0 Å². The maximum Gasteiger partial charge on any atom is 0.0259 e. The smallest absolute Gasteiger partial charge is 0.0259 e. The largest absolute Gasteiger partial charge is 0.323 e. The van der Waals surface area contributed by atoms with Crippen molar-refractivity contribution >= 4 is 0 Å². The maximum atomic E-state index is 4.02. The van der Waals surface area contributed by atoms with Crippen molar-refractivity contribution in [1.29, 1.82) is 0 Å². The number of nitrogens with one attached hydrogen (secondary N) is 1. The third kappa shape index (κ3) is 2.52. The lowest BCUT2D eigenvalue weighted by Crippen LogP contribution is -2.24. The van der Waals surface area contributed by atoms with E-state index in [1.807, 2.05) is 0 Å². The van der Waals surface area contributed by atoms with Crippen LogP contribution >= 0.6 is 0 Å². The minimum Gasteiger partial charge on any atom is -0.323 e. The van der Waals surface area contributed by atoms with Gasteiger partial charge < -0.3 is 5.43 Å². The maximum absolute atomic E-state index is 4.02. The van der Waals surface area contributed by atoms with Crippen LogP contribution in [-0.4, -0.2) is 18.6 Å². The van der Waals surface area contributed by atoms with Crippen LogP contribution in [0.3, 0.4) is 0 Å². The summed E-state index contributed by atoms with van der Waals surface area (Å²) in [5.74, 6) is 0.620. The van der Waals surface area contributed by atoms with E-state index in [9.17, 15) is 0 Å². The van der Waals surface area contributed by atoms with E-state index in [0.29, 0.717) is 11.3 Å². The third-order valence-corrected chi connectivity index (χ3v) is 2.18. The number of hydrogen-bond donors (Lipinski definition) is 1. The standard InChI is InChI=1S/C10H20N2/c1-8-9(6-10(2,3)4)7-12(5)11-8/h9,11H,1,6-7H2,2-5H3. The summed E-state index contributed by atoms with van der Waals surface area (Å²) < 4.78 is 0. The Balaban J connectivity index is 2.49.